The number of rotatable bonds is 11. The Hall–Kier alpha value is -3.79. The Labute approximate surface area is 273 Å². The van der Waals surface area contributed by atoms with Crippen LogP contribution in [-0.2, 0) is 30.8 Å². The van der Waals surface area contributed by atoms with Gasteiger partial charge in [0.2, 0.25) is 21.8 Å². The maximum atomic E-state index is 13.9. The molecule has 16 heteroatoms. The summed E-state index contributed by atoms with van der Waals surface area (Å²) >= 11 is 6.08. The van der Waals surface area contributed by atoms with Crippen LogP contribution < -0.4 is 10.6 Å². The molecule has 0 saturated carbocycles. The lowest BCUT2D eigenvalue weighted by atomic mass is 9.82. The molecule has 0 radical (unpaired) electrons. The SMILES string of the molecule is C[C@H](NC(=O)OC(C)(C)C)C(=O)N[C@@H](CO)C(=O)N(C)[C@@]1(Cc2ccc(Cl)cc2)CCCN(S(=O)(=O)c2ccc([N+](=O)[O-])cc2)C1. The average Bonchev–Trinajstić information content (AvgIpc) is 2.99. The van der Waals surface area contributed by atoms with Crippen molar-refractivity contribution in [3.63, 3.8) is 0 Å². The summed E-state index contributed by atoms with van der Waals surface area (Å²) in [4.78, 5) is 50.7. The summed E-state index contributed by atoms with van der Waals surface area (Å²) in [7, 11) is -2.65. The third kappa shape index (κ3) is 9.15. The van der Waals surface area contributed by atoms with Gasteiger partial charge >= 0.3 is 6.09 Å². The van der Waals surface area contributed by atoms with Gasteiger partial charge in [-0.2, -0.15) is 4.31 Å². The smallest absolute Gasteiger partial charge is 0.408 e. The number of piperidine rings is 1. The number of likely N-dealkylation sites (N-methyl/N-ethyl adjacent to an activating group) is 1. The number of non-ortho nitro benzene ring substituents is 1. The van der Waals surface area contributed by atoms with Crippen molar-refractivity contribution in [2.75, 3.05) is 26.7 Å². The molecule has 2 aromatic carbocycles. The number of halogens is 1. The van der Waals surface area contributed by atoms with E-state index in [1.807, 2.05) is 0 Å². The molecule has 3 amide bonds. The zero-order chi connectivity index (χ0) is 34.4. The van der Waals surface area contributed by atoms with Crippen molar-refractivity contribution in [1.82, 2.24) is 19.8 Å². The van der Waals surface area contributed by atoms with Crippen LogP contribution in [0.5, 0.6) is 0 Å². The second-order valence-electron chi connectivity index (χ2n) is 12.2. The number of nitro benzene ring substituents is 1. The van der Waals surface area contributed by atoms with E-state index in [1.165, 1.54) is 35.3 Å². The lowest BCUT2D eigenvalue weighted by Gasteiger charge is -2.48. The third-order valence-electron chi connectivity index (χ3n) is 7.62. The Bertz CT molecular complexity index is 1530. The van der Waals surface area contributed by atoms with Crippen molar-refractivity contribution < 1.29 is 37.6 Å². The number of benzene rings is 2. The Morgan fingerprint density at radius 2 is 1.74 bits per heavy atom. The molecule has 1 aliphatic rings. The molecule has 1 saturated heterocycles. The Balaban J connectivity index is 1.90. The Morgan fingerprint density at radius 1 is 1.13 bits per heavy atom. The highest BCUT2D eigenvalue weighted by Gasteiger charge is 2.46. The molecule has 1 heterocycles. The number of carbonyl (C=O) groups is 3. The number of aliphatic hydroxyl groups is 1. The molecule has 3 rings (SSSR count). The lowest BCUT2D eigenvalue weighted by molar-refractivity contribution is -0.384. The second kappa shape index (κ2) is 14.8. The maximum absolute atomic E-state index is 13.9. The minimum absolute atomic E-state index is 0.137. The summed E-state index contributed by atoms with van der Waals surface area (Å²) in [6.45, 7) is 5.62. The lowest BCUT2D eigenvalue weighted by Crippen LogP contribution is -2.65. The Kier molecular flexibility index (Phi) is 11.8. The van der Waals surface area contributed by atoms with Gasteiger partial charge in [-0.05, 0) is 76.8 Å². The number of aliphatic hydroxyl groups excluding tert-OH is 1. The summed E-state index contributed by atoms with van der Waals surface area (Å²) in [6.07, 6.45) is 0.121. The number of nitrogens with zero attached hydrogens (tertiary/aromatic N) is 3. The van der Waals surface area contributed by atoms with Gasteiger partial charge in [-0.15, -0.1) is 0 Å². The quantitative estimate of drug-likeness (QED) is 0.237. The van der Waals surface area contributed by atoms with Crippen molar-refractivity contribution in [2.45, 2.75) is 75.1 Å². The van der Waals surface area contributed by atoms with Crippen LogP contribution in [-0.4, -0.2) is 95.5 Å². The summed E-state index contributed by atoms with van der Waals surface area (Å²) in [6, 6.07) is 8.92. The first-order chi connectivity index (χ1) is 21.4. The highest BCUT2D eigenvalue weighted by atomic mass is 35.5. The fraction of sp³-hybridized carbons (Fsp3) is 0.500. The van der Waals surface area contributed by atoms with Crippen LogP contribution >= 0.6 is 11.6 Å². The van der Waals surface area contributed by atoms with E-state index in [0.29, 0.717) is 17.9 Å². The van der Waals surface area contributed by atoms with E-state index in [1.54, 1.807) is 45.0 Å². The van der Waals surface area contributed by atoms with Gasteiger partial charge < -0.3 is 25.4 Å². The number of sulfonamides is 1. The summed E-state index contributed by atoms with van der Waals surface area (Å²) < 4.78 is 33.9. The van der Waals surface area contributed by atoms with Gasteiger partial charge in [0, 0.05) is 37.3 Å². The normalized spacial score (nSPS) is 18.6. The van der Waals surface area contributed by atoms with Gasteiger partial charge in [0.25, 0.3) is 5.69 Å². The van der Waals surface area contributed by atoms with Gasteiger partial charge in [0.15, 0.2) is 0 Å². The number of hydrogen-bond acceptors (Lipinski definition) is 9. The zero-order valence-electron chi connectivity index (χ0n) is 26.4. The van der Waals surface area contributed by atoms with Crippen LogP contribution in [0.1, 0.15) is 46.1 Å². The van der Waals surface area contributed by atoms with E-state index in [-0.39, 0.29) is 30.1 Å². The predicted molar refractivity (Wildman–Crippen MR) is 170 cm³/mol. The topological polar surface area (TPSA) is 188 Å². The molecule has 3 atom stereocenters. The average molecular weight is 682 g/mol. The highest BCUT2D eigenvalue weighted by Crippen LogP contribution is 2.34. The monoisotopic (exact) mass is 681 g/mol. The molecule has 46 heavy (non-hydrogen) atoms. The number of nitro groups is 1. The Morgan fingerprint density at radius 3 is 2.28 bits per heavy atom. The molecule has 1 aliphatic heterocycles. The molecular formula is C30H40ClN5O9S. The standard InChI is InChI=1S/C30H40ClN5O9S/c1-20(32-28(40)45-29(2,3)4)26(38)33-25(18-37)27(39)34(5)30(17-21-7-9-22(31)10-8-21)15-6-16-35(19-30)46(43,44)24-13-11-23(12-14-24)36(41)42/h7-14,20,25,37H,6,15-19H2,1-5H3,(H,32,40)(H,33,38)/t20-,25-,30+/m0/s1. The van der Waals surface area contributed by atoms with Gasteiger partial charge in [0.05, 0.1) is 22.0 Å². The molecule has 3 N–H and O–H groups in total. The van der Waals surface area contributed by atoms with Crippen molar-refractivity contribution in [2.24, 2.45) is 0 Å². The molecule has 0 bridgehead atoms. The molecular weight excluding hydrogens is 642 g/mol. The van der Waals surface area contributed by atoms with E-state index >= 15 is 0 Å². The molecule has 0 spiro atoms. The fourth-order valence-corrected chi connectivity index (χ4v) is 6.87. The molecule has 14 nitrogen and oxygen atoms in total. The van der Waals surface area contributed by atoms with Gasteiger partial charge in [-0.3, -0.25) is 19.7 Å². The molecule has 2 aromatic rings. The minimum Gasteiger partial charge on any atom is -0.444 e. The molecule has 0 aromatic heterocycles. The first kappa shape index (κ1) is 36.7. The first-order valence-corrected chi connectivity index (χ1v) is 16.4. The molecule has 0 aliphatic carbocycles. The van der Waals surface area contributed by atoms with Gasteiger partial charge in [0.1, 0.15) is 17.7 Å². The fourth-order valence-electron chi connectivity index (χ4n) is 5.18. The predicted octanol–water partition coefficient (Wildman–Crippen LogP) is 2.86. The van der Waals surface area contributed by atoms with Gasteiger partial charge in [-0.1, -0.05) is 23.7 Å². The van der Waals surface area contributed by atoms with Crippen LogP contribution in [0.25, 0.3) is 0 Å². The minimum atomic E-state index is -4.13. The number of carbonyl (C=O) groups excluding carboxylic acids is 3. The van der Waals surface area contributed by atoms with E-state index in [0.717, 1.165) is 17.7 Å². The van der Waals surface area contributed by atoms with Crippen LogP contribution in [0.2, 0.25) is 5.02 Å². The van der Waals surface area contributed by atoms with Crippen LogP contribution in [0, 0.1) is 10.1 Å². The number of amides is 3. The molecule has 0 unspecified atom stereocenters. The van der Waals surface area contributed by atoms with Crippen LogP contribution in [0.4, 0.5) is 10.5 Å². The number of alkyl carbamates (subject to hydrolysis) is 1. The summed E-state index contributed by atoms with van der Waals surface area (Å²) in [5, 5.41) is 26.6. The van der Waals surface area contributed by atoms with Crippen LogP contribution in [0.15, 0.2) is 53.4 Å². The maximum Gasteiger partial charge on any atom is 0.408 e. The van der Waals surface area contributed by atoms with Crippen molar-refractivity contribution in [3.8, 4) is 0 Å². The van der Waals surface area contributed by atoms with E-state index in [2.05, 4.69) is 10.6 Å². The third-order valence-corrected chi connectivity index (χ3v) is 9.73. The van der Waals surface area contributed by atoms with Gasteiger partial charge in [-0.25, -0.2) is 13.2 Å². The second-order valence-corrected chi connectivity index (χ2v) is 14.6. The van der Waals surface area contributed by atoms with Crippen LogP contribution in [0.3, 0.4) is 0 Å². The molecule has 252 valence electrons. The van der Waals surface area contributed by atoms with Crippen molar-refractivity contribution >= 4 is 45.2 Å². The largest absolute Gasteiger partial charge is 0.444 e. The first-order valence-electron chi connectivity index (χ1n) is 14.6. The van der Waals surface area contributed by atoms with E-state index < -0.39 is 62.7 Å². The zero-order valence-corrected chi connectivity index (χ0v) is 27.9. The van der Waals surface area contributed by atoms with Crippen molar-refractivity contribution in [3.05, 3.63) is 69.2 Å². The summed E-state index contributed by atoms with van der Waals surface area (Å²) in [5.74, 6) is -1.42. The molecule has 1 fully saturated rings. The van der Waals surface area contributed by atoms with E-state index in [4.69, 9.17) is 16.3 Å². The highest BCUT2D eigenvalue weighted by molar-refractivity contribution is 7.89. The van der Waals surface area contributed by atoms with Crippen molar-refractivity contribution in [1.29, 1.82) is 0 Å². The number of hydrogen-bond donors (Lipinski definition) is 3. The summed E-state index contributed by atoms with van der Waals surface area (Å²) in [5.41, 5.74) is -1.42. The number of nitrogens with one attached hydrogen (secondary N) is 2. The number of ether oxygens (including phenoxy) is 1. The van der Waals surface area contributed by atoms with E-state index in [9.17, 15) is 38.0 Å².